The van der Waals surface area contributed by atoms with Crippen molar-refractivity contribution >= 4 is 19.7 Å². The summed E-state index contributed by atoms with van der Waals surface area (Å²) in [4.78, 5) is 0. The fourth-order valence-electron chi connectivity index (χ4n) is 2.64. The maximum atomic E-state index is 11.4. The third kappa shape index (κ3) is 1.88. The highest BCUT2D eigenvalue weighted by atomic mass is 35.7. The third-order valence-corrected chi connectivity index (χ3v) is 6.35. The molecule has 0 amide bonds. The molecule has 0 radical (unpaired) electrons. The van der Waals surface area contributed by atoms with E-state index in [1.54, 1.807) is 0 Å². The molecule has 2 aliphatic rings. The van der Waals surface area contributed by atoms with Gasteiger partial charge in [0.2, 0.25) is 9.05 Å². The molecular formula is C10H14ClNO2S. The first-order chi connectivity index (χ1) is 6.93. The number of rotatable bonds is 3. The van der Waals surface area contributed by atoms with E-state index in [1.165, 1.54) is 0 Å². The zero-order chi connectivity index (χ0) is 11.2. The van der Waals surface area contributed by atoms with Gasteiger partial charge in [0.05, 0.1) is 16.2 Å². The van der Waals surface area contributed by atoms with Gasteiger partial charge in [-0.3, -0.25) is 0 Å². The number of nitrogens with zero attached hydrogens (tertiary/aromatic N) is 1. The molecule has 0 aromatic carbocycles. The Morgan fingerprint density at radius 3 is 2.07 bits per heavy atom. The lowest BCUT2D eigenvalue weighted by atomic mass is 9.82. The normalized spacial score (nSPS) is 27.2. The summed E-state index contributed by atoms with van der Waals surface area (Å²) >= 11 is 0. The van der Waals surface area contributed by atoms with Gasteiger partial charge in [0.15, 0.2) is 0 Å². The molecule has 2 saturated carbocycles. The quantitative estimate of drug-likeness (QED) is 0.721. The Bertz CT molecular complexity index is 400. The topological polar surface area (TPSA) is 57.9 Å². The van der Waals surface area contributed by atoms with Crippen LogP contribution in [0.2, 0.25) is 0 Å². The van der Waals surface area contributed by atoms with Crippen molar-refractivity contribution < 1.29 is 8.42 Å². The van der Waals surface area contributed by atoms with Crippen LogP contribution in [0.15, 0.2) is 0 Å². The summed E-state index contributed by atoms with van der Waals surface area (Å²) in [5.41, 5.74) is -0.418. The largest absolute Gasteiger partial charge is 0.238 e. The smallest absolute Gasteiger partial charge is 0.212 e. The van der Waals surface area contributed by atoms with Crippen LogP contribution in [0.4, 0.5) is 0 Å². The first-order valence-electron chi connectivity index (χ1n) is 5.29. The van der Waals surface area contributed by atoms with Crippen LogP contribution in [-0.2, 0) is 9.05 Å². The molecule has 0 aromatic rings. The van der Waals surface area contributed by atoms with Crippen molar-refractivity contribution in [1.82, 2.24) is 0 Å². The lowest BCUT2D eigenvalue weighted by Gasteiger charge is -2.24. The van der Waals surface area contributed by atoms with Crippen LogP contribution >= 0.6 is 10.7 Å². The van der Waals surface area contributed by atoms with E-state index in [0.29, 0.717) is 19.3 Å². The molecule has 2 fully saturated rings. The van der Waals surface area contributed by atoms with E-state index in [2.05, 4.69) is 6.07 Å². The van der Waals surface area contributed by atoms with E-state index in [4.69, 9.17) is 10.7 Å². The highest BCUT2D eigenvalue weighted by Gasteiger charge is 2.58. The average Bonchev–Trinajstić information content (AvgIpc) is 2.77. The third-order valence-electron chi connectivity index (χ3n) is 3.78. The molecule has 2 aliphatic carbocycles. The summed E-state index contributed by atoms with van der Waals surface area (Å²) in [5.74, 6) is 0. The van der Waals surface area contributed by atoms with Crippen molar-refractivity contribution in [2.24, 2.45) is 5.41 Å². The van der Waals surface area contributed by atoms with Crippen LogP contribution in [0.25, 0.3) is 0 Å². The monoisotopic (exact) mass is 247 g/mol. The SMILES string of the molecule is N#CC1(CC2(S(=O)(=O)Cl)CC2)CCCC1. The van der Waals surface area contributed by atoms with Gasteiger partial charge in [0.1, 0.15) is 0 Å². The van der Waals surface area contributed by atoms with E-state index >= 15 is 0 Å². The Morgan fingerprint density at radius 2 is 1.73 bits per heavy atom. The summed E-state index contributed by atoms with van der Waals surface area (Å²) in [6, 6.07) is 2.32. The molecule has 15 heavy (non-hydrogen) atoms. The van der Waals surface area contributed by atoms with Crippen molar-refractivity contribution in [2.75, 3.05) is 0 Å². The zero-order valence-corrected chi connectivity index (χ0v) is 10.1. The zero-order valence-electron chi connectivity index (χ0n) is 8.50. The van der Waals surface area contributed by atoms with Gasteiger partial charge in [-0.15, -0.1) is 0 Å². The van der Waals surface area contributed by atoms with Gasteiger partial charge in [0.25, 0.3) is 0 Å². The van der Waals surface area contributed by atoms with Gasteiger partial charge in [0, 0.05) is 10.7 Å². The predicted molar refractivity (Wildman–Crippen MR) is 57.9 cm³/mol. The molecule has 0 unspecified atom stereocenters. The van der Waals surface area contributed by atoms with Crippen molar-refractivity contribution in [3.8, 4) is 6.07 Å². The highest BCUT2D eigenvalue weighted by molar-refractivity contribution is 8.15. The van der Waals surface area contributed by atoms with E-state index < -0.39 is 19.2 Å². The Balaban J connectivity index is 2.19. The molecule has 5 heteroatoms. The Labute approximate surface area is 94.8 Å². The standard InChI is InChI=1S/C10H14ClNO2S/c11-15(13,14)10(5-6-10)7-9(8-12)3-1-2-4-9/h1-7H2. The van der Waals surface area contributed by atoms with Crippen molar-refractivity contribution in [1.29, 1.82) is 5.26 Å². The molecule has 84 valence electrons. The first-order valence-corrected chi connectivity index (χ1v) is 7.60. The summed E-state index contributed by atoms with van der Waals surface area (Å²) < 4.78 is 22.1. The molecule has 0 bridgehead atoms. The fourth-order valence-corrected chi connectivity index (χ4v) is 4.31. The van der Waals surface area contributed by atoms with Crippen LogP contribution in [0.1, 0.15) is 44.9 Å². The van der Waals surface area contributed by atoms with Crippen molar-refractivity contribution in [3.63, 3.8) is 0 Å². The molecule has 0 aliphatic heterocycles. The van der Waals surface area contributed by atoms with Gasteiger partial charge in [-0.1, -0.05) is 12.8 Å². The van der Waals surface area contributed by atoms with Crippen LogP contribution in [0, 0.1) is 16.7 Å². The van der Waals surface area contributed by atoms with Crippen molar-refractivity contribution in [3.05, 3.63) is 0 Å². The Morgan fingerprint density at radius 1 is 1.20 bits per heavy atom. The Kier molecular flexibility index (Phi) is 2.51. The van der Waals surface area contributed by atoms with Gasteiger partial charge in [-0.2, -0.15) is 5.26 Å². The minimum Gasteiger partial charge on any atom is -0.212 e. The minimum atomic E-state index is -3.51. The van der Waals surface area contributed by atoms with Crippen LogP contribution < -0.4 is 0 Å². The van der Waals surface area contributed by atoms with Crippen LogP contribution in [0.3, 0.4) is 0 Å². The van der Waals surface area contributed by atoms with Gasteiger partial charge in [-0.05, 0) is 32.1 Å². The molecule has 0 N–H and O–H groups in total. The maximum Gasteiger partial charge on any atom is 0.238 e. The second-order valence-corrected chi connectivity index (χ2v) is 7.86. The van der Waals surface area contributed by atoms with Crippen molar-refractivity contribution in [2.45, 2.75) is 49.7 Å². The first kappa shape index (κ1) is 11.2. The molecule has 0 atom stereocenters. The second kappa shape index (κ2) is 3.36. The summed E-state index contributed by atoms with van der Waals surface area (Å²) in [6.07, 6.45) is 5.43. The van der Waals surface area contributed by atoms with Gasteiger partial charge in [-0.25, -0.2) is 8.42 Å². The molecule has 2 rings (SSSR count). The number of halogens is 1. The van der Waals surface area contributed by atoms with Gasteiger partial charge < -0.3 is 0 Å². The van der Waals surface area contributed by atoms with E-state index in [0.717, 1.165) is 25.7 Å². The lowest BCUT2D eigenvalue weighted by Crippen LogP contribution is -2.28. The number of hydrogen-bond donors (Lipinski definition) is 0. The second-order valence-electron chi connectivity index (χ2n) is 4.90. The fraction of sp³-hybridized carbons (Fsp3) is 0.900. The average molecular weight is 248 g/mol. The molecule has 0 aromatic heterocycles. The summed E-state index contributed by atoms with van der Waals surface area (Å²) in [7, 11) is 1.94. The Hall–Kier alpha value is -0.270. The lowest BCUT2D eigenvalue weighted by molar-refractivity contribution is 0.360. The molecule has 0 saturated heterocycles. The van der Waals surface area contributed by atoms with Crippen LogP contribution in [-0.4, -0.2) is 13.2 Å². The minimum absolute atomic E-state index is 0.418. The number of nitriles is 1. The van der Waals surface area contributed by atoms with Gasteiger partial charge >= 0.3 is 0 Å². The highest BCUT2D eigenvalue weighted by Crippen LogP contribution is 2.56. The van der Waals surface area contributed by atoms with E-state index in [-0.39, 0.29) is 0 Å². The molecule has 0 spiro atoms. The van der Waals surface area contributed by atoms with E-state index in [1.807, 2.05) is 0 Å². The summed E-state index contributed by atoms with van der Waals surface area (Å²) in [5, 5.41) is 9.19. The molecule has 3 nitrogen and oxygen atoms in total. The summed E-state index contributed by atoms with van der Waals surface area (Å²) in [6.45, 7) is 0. The van der Waals surface area contributed by atoms with E-state index in [9.17, 15) is 13.7 Å². The maximum absolute atomic E-state index is 11.4. The molecular weight excluding hydrogens is 234 g/mol. The van der Waals surface area contributed by atoms with Crippen LogP contribution in [0.5, 0.6) is 0 Å². The molecule has 0 heterocycles. The number of hydrogen-bond acceptors (Lipinski definition) is 3. The predicted octanol–water partition coefficient (Wildman–Crippen LogP) is 2.56.